The summed E-state index contributed by atoms with van der Waals surface area (Å²) in [5.74, 6) is -0.573. The molecule has 0 spiro atoms. The summed E-state index contributed by atoms with van der Waals surface area (Å²) in [5, 5.41) is 10.1. The van der Waals surface area contributed by atoms with Crippen LogP contribution in [0, 0.1) is 0 Å². The van der Waals surface area contributed by atoms with Crippen molar-refractivity contribution in [2.24, 2.45) is 0 Å². The molecule has 0 unspecified atom stereocenters. The number of carboxylic acids is 1. The van der Waals surface area contributed by atoms with Gasteiger partial charge in [0.1, 0.15) is 10.8 Å². The summed E-state index contributed by atoms with van der Waals surface area (Å²) in [6.07, 6.45) is 6.10. The van der Waals surface area contributed by atoms with E-state index in [0.29, 0.717) is 28.6 Å². The minimum absolute atomic E-state index is 0.318. The maximum absolute atomic E-state index is 11.3. The van der Waals surface area contributed by atoms with Gasteiger partial charge in [-0.2, -0.15) is 0 Å². The van der Waals surface area contributed by atoms with Gasteiger partial charge in [0, 0.05) is 0 Å². The Morgan fingerprint density at radius 1 is 1.29 bits per heavy atom. The van der Waals surface area contributed by atoms with Gasteiger partial charge in [-0.25, -0.2) is 4.79 Å². The number of unbranched alkanes of at least 4 members (excludes halogenated alkanes) is 2. The summed E-state index contributed by atoms with van der Waals surface area (Å²) >= 11 is 12.5. The zero-order valence-electron chi connectivity index (χ0n) is 12.1. The second-order valence-electron chi connectivity index (χ2n) is 5.56. The predicted octanol–water partition coefficient (Wildman–Crippen LogP) is 5.11. The van der Waals surface area contributed by atoms with Crippen LogP contribution < -0.4 is 4.74 Å². The van der Waals surface area contributed by atoms with Gasteiger partial charge in [-0.15, -0.1) is 0 Å². The van der Waals surface area contributed by atoms with Crippen molar-refractivity contribution in [1.29, 1.82) is 0 Å². The molecule has 5 heteroatoms. The molecule has 2 rings (SSSR count). The van der Waals surface area contributed by atoms with Gasteiger partial charge in [-0.05, 0) is 43.7 Å². The molecule has 116 valence electrons. The number of aliphatic carboxylic acids is 1. The molecule has 0 aliphatic heterocycles. The van der Waals surface area contributed by atoms with E-state index in [0.717, 1.165) is 37.7 Å². The molecule has 1 aromatic rings. The van der Waals surface area contributed by atoms with Crippen LogP contribution in [0.25, 0.3) is 0 Å². The van der Waals surface area contributed by atoms with Gasteiger partial charge in [-0.3, -0.25) is 0 Å². The van der Waals surface area contributed by atoms with E-state index < -0.39 is 11.6 Å². The third-order valence-electron chi connectivity index (χ3n) is 4.03. The third-order valence-corrected chi connectivity index (χ3v) is 4.94. The van der Waals surface area contributed by atoms with Gasteiger partial charge in [0.05, 0.1) is 5.02 Å². The molecular weight excluding hydrogens is 311 g/mol. The quantitative estimate of drug-likeness (QED) is 0.706. The fourth-order valence-electron chi connectivity index (χ4n) is 2.48. The van der Waals surface area contributed by atoms with Gasteiger partial charge in [0.25, 0.3) is 0 Å². The molecule has 1 aliphatic rings. The lowest BCUT2D eigenvalue weighted by atomic mass is 9.80. The topological polar surface area (TPSA) is 46.5 Å². The first-order chi connectivity index (χ1) is 10.00. The summed E-state index contributed by atoms with van der Waals surface area (Å²) in [6, 6.07) is 3.62. The number of hydrogen-bond acceptors (Lipinski definition) is 2. The summed E-state index contributed by atoms with van der Waals surface area (Å²) in [6.45, 7) is 2.15. The van der Waals surface area contributed by atoms with E-state index in [9.17, 15) is 9.90 Å². The van der Waals surface area contributed by atoms with Crippen molar-refractivity contribution in [3.63, 3.8) is 0 Å². The molecule has 0 heterocycles. The lowest BCUT2D eigenvalue weighted by molar-refractivity contribution is -0.163. The van der Waals surface area contributed by atoms with Crippen molar-refractivity contribution in [1.82, 2.24) is 0 Å². The SMILES string of the molecule is CCCCCc1ccc(OC2(C(=O)O)CCC2)c(Cl)c1Cl. The molecule has 1 fully saturated rings. The molecule has 0 aromatic heterocycles. The highest BCUT2D eigenvalue weighted by Crippen LogP contribution is 2.42. The zero-order chi connectivity index (χ0) is 15.5. The van der Waals surface area contributed by atoms with Crippen LogP contribution in [0.4, 0.5) is 0 Å². The third kappa shape index (κ3) is 3.46. The van der Waals surface area contributed by atoms with Crippen molar-refractivity contribution in [3.8, 4) is 5.75 Å². The van der Waals surface area contributed by atoms with Crippen LogP contribution in [-0.2, 0) is 11.2 Å². The fraction of sp³-hybridized carbons (Fsp3) is 0.562. The fourth-order valence-corrected chi connectivity index (χ4v) is 2.95. The van der Waals surface area contributed by atoms with Gasteiger partial charge in [0.2, 0.25) is 5.60 Å². The minimum atomic E-state index is -1.13. The molecule has 21 heavy (non-hydrogen) atoms. The monoisotopic (exact) mass is 330 g/mol. The van der Waals surface area contributed by atoms with Crippen LogP contribution in [0.2, 0.25) is 10.0 Å². The largest absolute Gasteiger partial charge is 0.478 e. The highest BCUT2D eigenvalue weighted by atomic mass is 35.5. The van der Waals surface area contributed by atoms with E-state index in [-0.39, 0.29) is 0 Å². The number of halogens is 2. The normalized spacial score (nSPS) is 16.3. The number of ether oxygens (including phenoxy) is 1. The van der Waals surface area contributed by atoms with E-state index in [2.05, 4.69) is 6.92 Å². The Balaban J connectivity index is 2.15. The average Bonchev–Trinajstić information content (AvgIpc) is 2.40. The minimum Gasteiger partial charge on any atom is -0.478 e. The molecule has 0 saturated heterocycles. The van der Waals surface area contributed by atoms with Crippen LogP contribution in [-0.4, -0.2) is 16.7 Å². The molecule has 0 amide bonds. The van der Waals surface area contributed by atoms with Crippen LogP contribution in [0.1, 0.15) is 51.0 Å². The molecule has 1 aliphatic carbocycles. The lowest BCUT2D eigenvalue weighted by Gasteiger charge is -2.38. The molecule has 0 bridgehead atoms. The number of benzene rings is 1. The Kier molecular flexibility index (Phi) is 5.39. The van der Waals surface area contributed by atoms with Crippen molar-refractivity contribution >= 4 is 29.2 Å². The second-order valence-corrected chi connectivity index (χ2v) is 6.32. The molecule has 1 aromatic carbocycles. The van der Waals surface area contributed by atoms with Crippen LogP contribution in [0.3, 0.4) is 0 Å². The van der Waals surface area contributed by atoms with Crippen molar-refractivity contribution in [2.75, 3.05) is 0 Å². The standard InChI is InChI=1S/C16H20Cl2O3/c1-2-3-4-6-11-7-8-12(14(18)13(11)17)21-16(15(19)20)9-5-10-16/h7-8H,2-6,9-10H2,1H3,(H,19,20). The Morgan fingerprint density at radius 2 is 2.00 bits per heavy atom. The molecule has 1 saturated carbocycles. The van der Waals surface area contributed by atoms with Gasteiger partial charge >= 0.3 is 5.97 Å². The maximum Gasteiger partial charge on any atom is 0.348 e. The Hall–Kier alpha value is -0.930. The van der Waals surface area contributed by atoms with E-state index in [1.54, 1.807) is 6.07 Å². The zero-order valence-corrected chi connectivity index (χ0v) is 13.6. The van der Waals surface area contributed by atoms with Gasteiger partial charge < -0.3 is 9.84 Å². The van der Waals surface area contributed by atoms with Gasteiger partial charge in [0.15, 0.2) is 0 Å². The first-order valence-corrected chi connectivity index (χ1v) is 8.15. The number of aryl methyl sites for hydroxylation is 1. The van der Waals surface area contributed by atoms with E-state index in [4.69, 9.17) is 27.9 Å². The highest BCUT2D eigenvalue weighted by molar-refractivity contribution is 6.43. The Morgan fingerprint density at radius 3 is 2.52 bits per heavy atom. The summed E-state index contributed by atoms with van der Waals surface area (Å²) in [4.78, 5) is 11.3. The van der Waals surface area contributed by atoms with E-state index in [1.165, 1.54) is 0 Å². The number of carbonyl (C=O) groups is 1. The van der Waals surface area contributed by atoms with Crippen molar-refractivity contribution in [3.05, 3.63) is 27.7 Å². The van der Waals surface area contributed by atoms with Crippen LogP contribution >= 0.6 is 23.2 Å². The molecule has 3 nitrogen and oxygen atoms in total. The highest BCUT2D eigenvalue weighted by Gasteiger charge is 2.47. The summed E-state index contributed by atoms with van der Waals surface area (Å²) in [5.41, 5.74) is -0.142. The first kappa shape index (κ1) is 16.4. The number of hydrogen-bond donors (Lipinski definition) is 1. The maximum atomic E-state index is 11.3. The van der Waals surface area contributed by atoms with Gasteiger partial charge in [-0.1, -0.05) is 49.0 Å². The van der Waals surface area contributed by atoms with Crippen molar-refractivity contribution in [2.45, 2.75) is 57.5 Å². The summed E-state index contributed by atoms with van der Waals surface area (Å²) in [7, 11) is 0. The van der Waals surface area contributed by atoms with Crippen LogP contribution in [0.15, 0.2) is 12.1 Å². The lowest BCUT2D eigenvalue weighted by Crippen LogP contribution is -2.50. The molecule has 0 atom stereocenters. The van der Waals surface area contributed by atoms with Crippen molar-refractivity contribution < 1.29 is 14.6 Å². The number of carboxylic acid groups (broad SMARTS) is 1. The average molecular weight is 331 g/mol. The van der Waals surface area contributed by atoms with E-state index in [1.807, 2.05) is 6.07 Å². The molecular formula is C16H20Cl2O3. The van der Waals surface area contributed by atoms with E-state index >= 15 is 0 Å². The van der Waals surface area contributed by atoms with Crippen LogP contribution in [0.5, 0.6) is 5.75 Å². The smallest absolute Gasteiger partial charge is 0.348 e. The first-order valence-electron chi connectivity index (χ1n) is 7.39. The Bertz CT molecular complexity index is 524. The molecule has 1 N–H and O–H groups in total. The Labute approximate surface area is 135 Å². The number of rotatable bonds is 7. The molecule has 0 radical (unpaired) electrons. The predicted molar refractivity (Wildman–Crippen MR) is 84.5 cm³/mol. The summed E-state index contributed by atoms with van der Waals surface area (Å²) < 4.78 is 5.68. The second kappa shape index (κ2) is 6.89.